The van der Waals surface area contributed by atoms with Crippen LogP contribution in [0, 0.1) is 11.6 Å². The molecule has 0 unspecified atom stereocenters. The van der Waals surface area contributed by atoms with Crippen LogP contribution in [0.25, 0.3) is 12.2 Å². The van der Waals surface area contributed by atoms with Gasteiger partial charge in [-0.15, -0.1) is 0 Å². The number of carbonyl (C=O) groups excluding carboxylic acids is 2. The molecule has 40 heavy (non-hydrogen) atoms. The Morgan fingerprint density at radius 1 is 0.575 bits per heavy atom. The number of halogens is 2. The lowest BCUT2D eigenvalue weighted by atomic mass is 10.2. The Hall–Kier alpha value is -5.24. The van der Waals surface area contributed by atoms with Gasteiger partial charge in [0.1, 0.15) is 36.3 Å². The van der Waals surface area contributed by atoms with Crippen LogP contribution in [0.15, 0.2) is 109 Å². The molecular formula is C32H26F2N2O4. The minimum Gasteiger partial charge on any atom is -0.488 e. The lowest BCUT2D eigenvalue weighted by Crippen LogP contribution is -2.14. The quantitative estimate of drug-likeness (QED) is 0.163. The van der Waals surface area contributed by atoms with Crippen LogP contribution in [-0.4, -0.2) is 25.0 Å². The fraction of sp³-hybridized carbons (Fsp3) is 0.0625. The summed E-state index contributed by atoms with van der Waals surface area (Å²) in [5.41, 5.74) is 2.35. The normalized spacial score (nSPS) is 10.9. The number of para-hydroxylation sites is 4. The average molecular weight is 541 g/mol. The molecule has 4 rings (SSSR count). The minimum absolute atomic E-state index is 0.172. The molecule has 202 valence electrons. The van der Waals surface area contributed by atoms with Crippen LogP contribution in [0.5, 0.6) is 11.5 Å². The van der Waals surface area contributed by atoms with Crippen LogP contribution in [0.4, 0.5) is 20.2 Å². The van der Waals surface area contributed by atoms with E-state index in [2.05, 4.69) is 10.6 Å². The van der Waals surface area contributed by atoms with E-state index in [0.717, 1.165) is 0 Å². The van der Waals surface area contributed by atoms with Gasteiger partial charge in [0.05, 0.1) is 11.4 Å². The molecule has 0 aliphatic carbocycles. The lowest BCUT2D eigenvalue weighted by Gasteiger charge is -2.14. The molecular weight excluding hydrogens is 514 g/mol. The van der Waals surface area contributed by atoms with Crippen LogP contribution in [-0.2, 0) is 9.59 Å². The molecule has 0 aromatic heterocycles. The number of anilines is 2. The van der Waals surface area contributed by atoms with Crippen molar-refractivity contribution >= 4 is 35.3 Å². The van der Waals surface area contributed by atoms with Gasteiger partial charge in [0, 0.05) is 12.2 Å². The van der Waals surface area contributed by atoms with Crippen molar-refractivity contribution in [3.8, 4) is 11.5 Å². The number of nitrogens with one attached hydrogen (secondary N) is 2. The molecule has 0 aliphatic heterocycles. The molecule has 0 bridgehead atoms. The van der Waals surface area contributed by atoms with Crippen molar-refractivity contribution in [3.05, 3.63) is 132 Å². The second kappa shape index (κ2) is 14.1. The van der Waals surface area contributed by atoms with E-state index in [-0.39, 0.29) is 36.7 Å². The van der Waals surface area contributed by atoms with Crippen molar-refractivity contribution in [2.75, 3.05) is 23.8 Å². The summed E-state index contributed by atoms with van der Waals surface area (Å²) in [6.45, 7) is 0.343. The van der Waals surface area contributed by atoms with Crippen molar-refractivity contribution in [3.63, 3.8) is 0 Å². The lowest BCUT2D eigenvalue weighted by molar-refractivity contribution is -0.112. The van der Waals surface area contributed by atoms with E-state index in [0.29, 0.717) is 34.0 Å². The van der Waals surface area contributed by atoms with Crippen molar-refractivity contribution in [2.45, 2.75) is 0 Å². The van der Waals surface area contributed by atoms with E-state index >= 15 is 0 Å². The molecule has 2 N–H and O–H groups in total. The zero-order valence-electron chi connectivity index (χ0n) is 21.4. The number of rotatable bonds is 11. The molecule has 4 aromatic rings. The van der Waals surface area contributed by atoms with Crippen LogP contribution in [0.3, 0.4) is 0 Å². The maximum absolute atomic E-state index is 13.0. The van der Waals surface area contributed by atoms with Crippen molar-refractivity contribution in [2.24, 2.45) is 0 Å². The predicted octanol–water partition coefficient (Wildman–Crippen LogP) is 6.73. The van der Waals surface area contributed by atoms with Crippen LogP contribution < -0.4 is 20.1 Å². The second-order valence-corrected chi connectivity index (χ2v) is 8.44. The maximum Gasteiger partial charge on any atom is 0.248 e. The Labute approximate surface area is 230 Å². The first-order valence-corrected chi connectivity index (χ1v) is 12.4. The van der Waals surface area contributed by atoms with Gasteiger partial charge in [-0.3, -0.25) is 9.59 Å². The van der Waals surface area contributed by atoms with E-state index in [4.69, 9.17) is 9.47 Å². The van der Waals surface area contributed by atoms with Gasteiger partial charge in [-0.1, -0.05) is 48.5 Å². The number of ether oxygens (including phenoxy) is 2. The number of hydrogen-bond acceptors (Lipinski definition) is 4. The number of carbonyl (C=O) groups is 2. The van der Waals surface area contributed by atoms with Gasteiger partial charge in [-0.2, -0.15) is 0 Å². The Balaban J connectivity index is 1.28. The number of amides is 2. The van der Waals surface area contributed by atoms with Gasteiger partial charge in [-0.05, 0) is 71.8 Å². The largest absolute Gasteiger partial charge is 0.488 e. The number of hydrogen-bond donors (Lipinski definition) is 2. The van der Waals surface area contributed by atoms with Gasteiger partial charge in [0.15, 0.2) is 0 Å². The Morgan fingerprint density at radius 2 is 0.950 bits per heavy atom. The zero-order valence-corrected chi connectivity index (χ0v) is 21.4. The summed E-state index contributed by atoms with van der Waals surface area (Å²) >= 11 is 0. The third-order valence-electron chi connectivity index (χ3n) is 5.48. The fourth-order valence-corrected chi connectivity index (χ4v) is 3.54. The van der Waals surface area contributed by atoms with Gasteiger partial charge in [-0.25, -0.2) is 8.78 Å². The maximum atomic E-state index is 13.0. The van der Waals surface area contributed by atoms with E-state index in [9.17, 15) is 18.4 Å². The van der Waals surface area contributed by atoms with E-state index < -0.39 is 0 Å². The molecule has 0 saturated heterocycles. The Morgan fingerprint density at radius 3 is 1.35 bits per heavy atom. The monoisotopic (exact) mass is 540 g/mol. The average Bonchev–Trinajstić information content (AvgIpc) is 2.96. The molecule has 0 aliphatic rings. The third-order valence-corrected chi connectivity index (χ3v) is 5.48. The molecule has 0 atom stereocenters. The highest BCUT2D eigenvalue weighted by Crippen LogP contribution is 2.26. The highest BCUT2D eigenvalue weighted by molar-refractivity contribution is 6.03. The molecule has 4 aromatic carbocycles. The first-order chi connectivity index (χ1) is 19.5. The smallest absolute Gasteiger partial charge is 0.248 e. The first kappa shape index (κ1) is 27.8. The highest BCUT2D eigenvalue weighted by atomic mass is 19.1. The minimum atomic E-state index is -0.366. The number of benzene rings is 4. The summed E-state index contributed by atoms with van der Waals surface area (Å²) in [6, 6.07) is 25.6. The topological polar surface area (TPSA) is 76.7 Å². The van der Waals surface area contributed by atoms with Gasteiger partial charge < -0.3 is 20.1 Å². The SMILES string of the molecule is O=C(/C=C/c1ccc(F)cc1)Nc1ccccc1OCCOc1ccccc1NC(=O)/C=C/c1ccc(F)cc1. The summed E-state index contributed by atoms with van der Waals surface area (Å²) in [5, 5.41) is 5.54. The van der Waals surface area contributed by atoms with E-state index in [1.165, 1.54) is 36.4 Å². The molecule has 0 saturated carbocycles. The van der Waals surface area contributed by atoms with E-state index in [1.807, 2.05) is 0 Å². The second-order valence-electron chi connectivity index (χ2n) is 8.44. The molecule has 0 radical (unpaired) electrons. The predicted molar refractivity (Wildman–Crippen MR) is 152 cm³/mol. The fourth-order valence-electron chi connectivity index (χ4n) is 3.54. The van der Waals surface area contributed by atoms with Gasteiger partial charge in [0.2, 0.25) is 11.8 Å². The summed E-state index contributed by atoms with van der Waals surface area (Å²) < 4.78 is 37.7. The molecule has 0 heterocycles. The molecule has 8 heteroatoms. The van der Waals surface area contributed by atoms with E-state index in [1.54, 1.807) is 84.9 Å². The van der Waals surface area contributed by atoms with Gasteiger partial charge in [0.25, 0.3) is 0 Å². The van der Waals surface area contributed by atoms with Crippen molar-refractivity contribution < 1.29 is 27.8 Å². The summed E-state index contributed by atoms with van der Waals surface area (Å²) in [4.78, 5) is 24.8. The van der Waals surface area contributed by atoms with Crippen molar-refractivity contribution in [1.29, 1.82) is 0 Å². The standard InChI is InChI=1S/C32H26F2N2O4/c33-25-15-9-23(10-16-25)13-19-31(37)35-27-5-1-3-7-29(27)39-21-22-40-30-8-4-2-6-28(30)36-32(38)20-14-24-11-17-26(34)18-12-24/h1-20H,21-22H2,(H,35,37)(H,36,38)/b19-13+,20-14+. The summed E-state index contributed by atoms with van der Waals surface area (Å²) in [5.74, 6) is -0.505. The van der Waals surface area contributed by atoms with Crippen LogP contribution in [0.1, 0.15) is 11.1 Å². The third kappa shape index (κ3) is 8.66. The first-order valence-electron chi connectivity index (χ1n) is 12.4. The zero-order chi connectivity index (χ0) is 28.2. The summed E-state index contributed by atoms with van der Waals surface area (Å²) in [6.07, 6.45) is 5.88. The van der Waals surface area contributed by atoms with Gasteiger partial charge >= 0.3 is 0 Å². The van der Waals surface area contributed by atoms with Crippen molar-refractivity contribution in [1.82, 2.24) is 0 Å². The highest BCUT2D eigenvalue weighted by Gasteiger charge is 2.08. The molecule has 6 nitrogen and oxygen atoms in total. The molecule has 0 spiro atoms. The molecule has 2 amide bonds. The molecule has 0 fully saturated rings. The van der Waals surface area contributed by atoms with Crippen LogP contribution >= 0.6 is 0 Å². The summed E-state index contributed by atoms with van der Waals surface area (Å²) in [7, 11) is 0. The van der Waals surface area contributed by atoms with Crippen LogP contribution in [0.2, 0.25) is 0 Å². The Kier molecular flexibility index (Phi) is 9.77. The Bertz CT molecular complexity index is 1390.